The minimum Gasteiger partial charge on any atom is -0.435 e. The molecule has 2 aliphatic heterocycles. The molecule has 0 saturated carbocycles. The number of fused-ring (bicyclic) bond motifs is 1. The normalized spacial score (nSPS) is 19.2. The smallest absolute Gasteiger partial charge is 0.413 e. The second-order valence-corrected chi connectivity index (χ2v) is 6.45. The number of hydrogen-bond acceptors (Lipinski definition) is 7. The fourth-order valence-corrected chi connectivity index (χ4v) is 3.29. The Morgan fingerprint density at radius 3 is 2.59 bits per heavy atom. The van der Waals surface area contributed by atoms with Crippen LogP contribution in [0.4, 0.5) is 34.0 Å². The molecule has 1 atom stereocenters. The van der Waals surface area contributed by atoms with Gasteiger partial charge >= 0.3 is 6.09 Å². The summed E-state index contributed by atoms with van der Waals surface area (Å²) in [6.45, 7) is 2.43. The van der Waals surface area contributed by atoms with E-state index in [9.17, 15) is 22.4 Å². The molecular weight excluding hydrogens is 396 g/mol. The average Bonchev–Trinajstić information content (AvgIpc) is 2.72. The van der Waals surface area contributed by atoms with Crippen molar-refractivity contribution in [1.82, 2.24) is 20.3 Å². The van der Waals surface area contributed by atoms with Crippen LogP contribution in [0.15, 0.2) is 18.5 Å². The topological polar surface area (TPSA) is 92.3 Å². The van der Waals surface area contributed by atoms with Crippen molar-refractivity contribution in [2.24, 2.45) is 0 Å². The maximum Gasteiger partial charge on any atom is 0.413 e. The Labute approximate surface area is 162 Å². The summed E-state index contributed by atoms with van der Waals surface area (Å²) in [6.07, 6.45) is -7.82. The molecule has 1 fully saturated rings. The van der Waals surface area contributed by atoms with Gasteiger partial charge in [0.1, 0.15) is 23.7 Å². The van der Waals surface area contributed by atoms with Crippen LogP contribution in [0.1, 0.15) is 23.7 Å². The highest BCUT2D eigenvalue weighted by atomic mass is 19.3. The van der Waals surface area contributed by atoms with Crippen LogP contribution in [0.3, 0.4) is 0 Å². The van der Waals surface area contributed by atoms with E-state index >= 15 is 0 Å². The van der Waals surface area contributed by atoms with Gasteiger partial charge in [-0.25, -0.2) is 37.3 Å². The molecule has 0 spiro atoms. The molecule has 29 heavy (non-hydrogen) atoms. The number of ether oxygens (including phenoxy) is 1. The second kappa shape index (κ2) is 7.78. The van der Waals surface area contributed by atoms with Crippen LogP contribution < -0.4 is 15.5 Å². The number of cyclic esters (lactones) is 1. The summed E-state index contributed by atoms with van der Waals surface area (Å²) in [5.74, 6) is 0.130. The number of hydrogen-bond donors (Lipinski definition) is 2. The van der Waals surface area contributed by atoms with E-state index in [2.05, 4.69) is 30.3 Å². The highest BCUT2D eigenvalue weighted by Crippen LogP contribution is 2.39. The Morgan fingerprint density at radius 2 is 1.90 bits per heavy atom. The van der Waals surface area contributed by atoms with E-state index in [1.807, 2.05) is 4.90 Å². The lowest BCUT2D eigenvalue weighted by atomic mass is 10.0. The number of amides is 1. The molecule has 0 aromatic carbocycles. The Morgan fingerprint density at radius 1 is 1.14 bits per heavy atom. The number of piperazine rings is 1. The Hall–Kier alpha value is -3.02. The first-order valence-electron chi connectivity index (χ1n) is 8.81. The van der Waals surface area contributed by atoms with Gasteiger partial charge in [-0.2, -0.15) is 0 Å². The Kier molecular flexibility index (Phi) is 5.18. The van der Waals surface area contributed by atoms with Gasteiger partial charge in [-0.15, -0.1) is 0 Å². The maximum absolute atomic E-state index is 13.5. The van der Waals surface area contributed by atoms with Gasteiger partial charge in [0.05, 0.1) is 11.3 Å². The number of carbonyl (C=O) groups excluding carboxylic acids is 1. The molecular formula is C17H16F4N6O2. The predicted molar refractivity (Wildman–Crippen MR) is 94.2 cm³/mol. The molecule has 1 amide bonds. The number of aromatic nitrogens is 3. The Bertz CT molecular complexity index is 923. The lowest BCUT2D eigenvalue weighted by molar-refractivity contribution is -0.0170. The van der Waals surface area contributed by atoms with E-state index in [1.54, 1.807) is 0 Å². The third-order valence-corrected chi connectivity index (χ3v) is 4.62. The maximum atomic E-state index is 13.5. The largest absolute Gasteiger partial charge is 0.435 e. The van der Waals surface area contributed by atoms with Crippen molar-refractivity contribution in [2.75, 3.05) is 36.4 Å². The molecule has 4 rings (SSSR count). The van der Waals surface area contributed by atoms with Crippen LogP contribution in [0.2, 0.25) is 0 Å². The van der Waals surface area contributed by atoms with Crippen molar-refractivity contribution >= 4 is 17.7 Å². The summed E-state index contributed by atoms with van der Waals surface area (Å²) < 4.78 is 58.8. The van der Waals surface area contributed by atoms with E-state index < -0.39 is 25.0 Å². The highest BCUT2D eigenvalue weighted by molar-refractivity contribution is 5.88. The van der Waals surface area contributed by atoms with E-state index in [-0.39, 0.29) is 28.3 Å². The van der Waals surface area contributed by atoms with Crippen molar-refractivity contribution in [3.8, 4) is 11.4 Å². The van der Waals surface area contributed by atoms with Crippen LogP contribution in [-0.4, -0.2) is 53.6 Å². The molecule has 154 valence electrons. The number of rotatable bonds is 4. The summed E-state index contributed by atoms with van der Waals surface area (Å²) in [5.41, 5.74) is -0.642. The summed E-state index contributed by atoms with van der Waals surface area (Å²) >= 11 is 0. The number of carbonyl (C=O) groups is 1. The SMILES string of the molecule is O=C1Nc2ncnc(-c3cc(C(F)F)cc(N4CCNCC4)n3)c2C(C(F)F)O1. The first-order chi connectivity index (χ1) is 13.9. The summed E-state index contributed by atoms with van der Waals surface area (Å²) in [7, 11) is 0. The molecule has 1 unspecified atom stereocenters. The third kappa shape index (κ3) is 3.79. The minimum atomic E-state index is -3.06. The van der Waals surface area contributed by atoms with E-state index in [0.717, 1.165) is 12.4 Å². The zero-order valence-electron chi connectivity index (χ0n) is 14.9. The summed E-state index contributed by atoms with van der Waals surface area (Å²) in [4.78, 5) is 25.6. The molecule has 0 aliphatic carbocycles. The van der Waals surface area contributed by atoms with E-state index in [1.165, 1.54) is 6.07 Å². The number of nitrogens with zero attached hydrogens (tertiary/aromatic N) is 4. The van der Waals surface area contributed by atoms with Crippen LogP contribution in [-0.2, 0) is 4.74 Å². The molecule has 0 bridgehead atoms. The predicted octanol–water partition coefficient (Wildman–Crippen LogP) is 2.75. The van der Waals surface area contributed by atoms with Gasteiger partial charge < -0.3 is 15.0 Å². The summed E-state index contributed by atoms with van der Waals surface area (Å²) in [6, 6.07) is 2.37. The molecule has 4 heterocycles. The van der Waals surface area contributed by atoms with Crippen molar-refractivity contribution in [3.05, 3.63) is 29.6 Å². The zero-order chi connectivity index (χ0) is 20.5. The number of anilines is 2. The van der Waals surface area contributed by atoms with Gasteiger partial charge in [-0.05, 0) is 12.1 Å². The molecule has 2 aliphatic rings. The monoisotopic (exact) mass is 412 g/mol. The lowest BCUT2D eigenvalue weighted by Crippen LogP contribution is -2.44. The number of halogens is 4. The van der Waals surface area contributed by atoms with Crippen molar-refractivity contribution in [3.63, 3.8) is 0 Å². The van der Waals surface area contributed by atoms with Crippen molar-refractivity contribution < 1.29 is 27.1 Å². The van der Waals surface area contributed by atoms with Gasteiger partial charge in [0, 0.05) is 31.7 Å². The van der Waals surface area contributed by atoms with Gasteiger partial charge in [0.2, 0.25) is 0 Å². The van der Waals surface area contributed by atoms with Gasteiger partial charge in [0.25, 0.3) is 12.9 Å². The molecule has 2 aromatic rings. The average molecular weight is 412 g/mol. The van der Waals surface area contributed by atoms with Crippen LogP contribution in [0, 0.1) is 0 Å². The minimum absolute atomic E-state index is 0.0274. The number of alkyl halides is 4. The molecule has 1 saturated heterocycles. The van der Waals surface area contributed by atoms with Crippen LogP contribution in [0.25, 0.3) is 11.4 Å². The molecule has 2 aromatic heterocycles. The van der Waals surface area contributed by atoms with Gasteiger partial charge in [-0.3, -0.25) is 5.32 Å². The van der Waals surface area contributed by atoms with E-state index in [4.69, 9.17) is 0 Å². The first kappa shape index (κ1) is 19.3. The van der Waals surface area contributed by atoms with Gasteiger partial charge in [-0.1, -0.05) is 0 Å². The zero-order valence-corrected chi connectivity index (χ0v) is 14.9. The fourth-order valence-electron chi connectivity index (χ4n) is 3.29. The van der Waals surface area contributed by atoms with Crippen LogP contribution >= 0.6 is 0 Å². The third-order valence-electron chi connectivity index (χ3n) is 4.62. The van der Waals surface area contributed by atoms with Gasteiger partial charge in [0.15, 0.2) is 6.10 Å². The molecule has 8 nitrogen and oxygen atoms in total. The molecule has 2 N–H and O–H groups in total. The lowest BCUT2D eigenvalue weighted by Gasteiger charge is -2.29. The molecule has 12 heteroatoms. The van der Waals surface area contributed by atoms with Crippen molar-refractivity contribution in [1.29, 1.82) is 0 Å². The standard InChI is InChI=1S/C17H16F4N6O2/c18-14(19)8-5-9(25-10(6-8)27-3-1-22-2-4-27)12-11-13(15(20)21)29-17(28)26-16(11)24-7-23-12/h5-7,13-15,22H,1-4H2,(H,23,24,26,28). The quantitative estimate of drug-likeness (QED) is 0.746. The second-order valence-electron chi connectivity index (χ2n) is 6.45. The summed E-state index contributed by atoms with van der Waals surface area (Å²) in [5, 5.41) is 5.38. The Balaban J connectivity index is 1.85. The number of pyridine rings is 1. The number of nitrogens with one attached hydrogen (secondary N) is 2. The van der Waals surface area contributed by atoms with E-state index in [0.29, 0.717) is 32.0 Å². The highest BCUT2D eigenvalue weighted by Gasteiger charge is 2.38. The van der Waals surface area contributed by atoms with Crippen molar-refractivity contribution in [2.45, 2.75) is 19.0 Å². The van der Waals surface area contributed by atoms with Crippen LogP contribution in [0.5, 0.6) is 0 Å². The molecule has 0 radical (unpaired) electrons. The first-order valence-corrected chi connectivity index (χ1v) is 8.81. The fraction of sp³-hybridized carbons (Fsp3) is 0.412.